The average molecular weight is 239 g/mol. The molecule has 0 amide bonds. The van der Waals surface area contributed by atoms with E-state index in [4.69, 9.17) is 4.74 Å². The van der Waals surface area contributed by atoms with E-state index in [9.17, 15) is 9.60 Å². The van der Waals surface area contributed by atoms with Crippen molar-refractivity contribution in [2.75, 3.05) is 6.61 Å². The molecule has 0 fully saturated rings. The molecule has 1 rings (SSSR count). The summed E-state index contributed by atoms with van der Waals surface area (Å²) in [4.78, 5) is 0. The zero-order valence-corrected chi connectivity index (χ0v) is 10.7. The van der Waals surface area contributed by atoms with E-state index < -0.39 is 11.4 Å². The highest BCUT2D eigenvalue weighted by Crippen LogP contribution is 2.16. The predicted molar refractivity (Wildman–Crippen MR) is 66.1 cm³/mol. The molecule has 0 saturated carbocycles. The lowest BCUT2D eigenvalue weighted by Crippen LogP contribution is -2.29. The molecule has 3 nitrogen and oxygen atoms in total. The second kappa shape index (κ2) is 5.17. The largest absolute Gasteiger partial charge is 0.623 e. The zero-order valence-electron chi connectivity index (χ0n) is 10.7. The van der Waals surface area contributed by atoms with Crippen LogP contribution in [0.1, 0.15) is 33.3 Å². The molecule has 0 aliphatic carbocycles. The number of benzene rings is 1. The van der Waals surface area contributed by atoms with E-state index in [0.717, 1.165) is 4.74 Å². The van der Waals surface area contributed by atoms with Gasteiger partial charge in [-0.1, -0.05) is 0 Å². The Bertz CT molecular complexity index is 422. The van der Waals surface area contributed by atoms with Crippen molar-refractivity contribution in [2.24, 2.45) is 0 Å². The van der Waals surface area contributed by atoms with Crippen molar-refractivity contribution >= 4 is 6.21 Å². The predicted octanol–water partition coefficient (Wildman–Crippen LogP) is 2.95. The molecule has 0 saturated heterocycles. The van der Waals surface area contributed by atoms with Gasteiger partial charge in [0.05, 0.1) is 12.2 Å². The van der Waals surface area contributed by atoms with Crippen molar-refractivity contribution in [3.05, 3.63) is 34.8 Å². The van der Waals surface area contributed by atoms with Gasteiger partial charge in [0.2, 0.25) is 0 Å². The van der Waals surface area contributed by atoms with Crippen molar-refractivity contribution in [1.82, 2.24) is 0 Å². The molecule has 0 unspecified atom stereocenters. The first-order valence-corrected chi connectivity index (χ1v) is 5.58. The van der Waals surface area contributed by atoms with E-state index in [1.54, 1.807) is 26.8 Å². The average Bonchev–Trinajstić information content (AvgIpc) is 2.21. The Hall–Kier alpha value is -1.58. The van der Waals surface area contributed by atoms with Crippen LogP contribution in [0, 0.1) is 11.0 Å². The maximum Gasteiger partial charge on any atom is 0.185 e. The van der Waals surface area contributed by atoms with Crippen molar-refractivity contribution in [3.63, 3.8) is 0 Å². The third-order valence-electron chi connectivity index (χ3n) is 2.20. The van der Waals surface area contributed by atoms with Crippen LogP contribution in [-0.4, -0.2) is 23.1 Å². The fourth-order valence-electron chi connectivity index (χ4n) is 1.19. The van der Waals surface area contributed by atoms with Crippen molar-refractivity contribution < 1.29 is 13.9 Å². The Labute approximate surface area is 101 Å². The van der Waals surface area contributed by atoms with Crippen LogP contribution in [-0.2, 0) is 0 Å². The van der Waals surface area contributed by atoms with Crippen molar-refractivity contribution in [3.8, 4) is 5.75 Å². The number of rotatable bonds is 3. The van der Waals surface area contributed by atoms with Gasteiger partial charge in [-0.3, -0.25) is 0 Å². The van der Waals surface area contributed by atoms with Crippen LogP contribution < -0.4 is 4.74 Å². The van der Waals surface area contributed by atoms with Gasteiger partial charge in [0, 0.05) is 26.8 Å². The van der Waals surface area contributed by atoms with Gasteiger partial charge in [-0.2, -0.15) is 0 Å². The van der Waals surface area contributed by atoms with Crippen LogP contribution in [0.25, 0.3) is 0 Å². The Morgan fingerprint density at radius 1 is 1.41 bits per heavy atom. The van der Waals surface area contributed by atoms with E-state index in [2.05, 4.69) is 0 Å². The minimum atomic E-state index is -0.578. The molecule has 0 heterocycles. The summed E-state index contributed by atoms with van der Waals surface area (Å²) in [6, 6.07) is 4.47. The van der Waals surface area contributed by atoms with E-state index >= 15 is 0 Å². The highest BCUT2D eigenvalue weighted by molar-refractivity contribution is 5.76. The molecule has 0 atom stereocenters. The van der Waals surface area contributed by atoms with Gasteiger partial charge < -0.3 is 9.94 Å². The second-order valence-electron chi connectivity index (χ2n) is 4.74. The maximum absolute atomic E-state index is 13.6. The monoisotopic (exact) mass is 239 g/mol. The summed E-state index contributed by atoms with van der Waals surface area (Å²) in [5, 5.41) is 11.7. The molecule has 17 heavy (non-hydrogen) atoms. The fourth-order valence-corrected chi connectivity index (χ4v) is 1.19. The molecule has 0 aromatic heterocycles. The lowest BCUT2D eigenvalue weighted by Gasteiger charge is -2.18. The normalized spacial score (nSPS) is 12.6. The quantitative estimate of drug-likeness (QED) is 0.352. The summed E-state index contributed by atoms with van der Waals surface area (Å²) >= 11 is 0. The van der Waals surface area contributed by atoms with Crippen LogP contribution in [0.15, 0.2) is 18.2 Å². The number of halogens is 1. The molecule has 0 aliphatic heterocycles. The minimum Gasteiger partial charge on any atom is -0.623 e. The summed E-state index contributed by atoms with van der Waals surface area (Å²) in [6.45, 7) is 7.62. The van der Waals surface area contributed by atoms with Gasteiger partial charge in [0.15, 0.2) is 11.8 Å². The first kappa shape index (κ1) is 13.5. The lowest BCUT2D eigenvalue weighted by molar-refractivity contribution is -0.530. The Balaban J connectivity index is 3.01. The molecule has 0 bridgehead atoms. The second-order valence-corrected chi connectivity index (χ2v) is 4.74. The standard InChI is InChI=1S/C13H18FNO2/c1-5-17-11-7-6-10(12(14)8-11)9-15(16)13(2,3)4/h6-9H,5H2,1-4H3. The number of hydrogen-bond donors (Lipinski definition) is 0. The molecule has 1 aromatic carbocycles. The van der Waals surface area contributed by atoms with Crippen molar-refractivity contribution in [2.45, 2.75) is 33.2 Å². The molecule has 0 aliphatic rings. The molecular weight excluding hydrogens is 221 g/mol. The summed E-state index contributed by atoms with van der Waals surface area (Å²) < 4.78 is 19.6. The number of hydroxylamine groups is 1. The summed E-state index contributed by atoms with van der Waals surface area (Å²) in [5.41, 5.74) is -0.316. The summed E-state index contributed by atoms with van der Waals surface area (Å²) in [6.07, 6.45) is 1.26. The first-order valence-electron chi connectivity index (χ1n) is 5.58. The zero-order chi connectivity index (χ0) is 13.1. The third-order valence-corrected chi connectivity index (χ3v) is 2.20. The molecule has 0 spiro atoms. The van der Waals surface area contributed by atoms with Gasteiger partial charge in [0.25, 0.3) is 0 Å². The molecule has 0 radical (unpaired) electrons. The number of hydrogen-bond acceptors (Lipinski definition) is 2. The first-order chi connectivity index (χ1) is 7.84. The Morgan fingerprint density at radius 3 is 2.53 bits per heavy atom. The van der Waals surface area contributed by atoms with Crippen LogP contribution >= 0.6 is 0 Å². The number of nitrogens with zero attached hydrogens (tertiary/aromatic N) is 1. The van der Waals surface area contributed by atoms with Gasteiger partial charge in [0.1, 0.15) is 11.6 Å². The fraction of sp³-hybridized carbons (Fsp3) is 0.462. The van der Waals surface area contributed by atoms with Crippen LogP contribution in [0.3, 0.4) is 0 Å². The lowest BCUT2D eigenvalue weighted by atomic mass is 10.1. The van der Waals surface area contributed by atoms with E-state index in [1.165, 1.54) is 18.3 Å². The Morgan fingerprint density at radius 2 is 2.06 bits per heavy atom. The van der Waals surface area contributed by atoms with Gasteiger partial charge in [-0.15, -0.1) is 0 Å². The van der Waals surface area contributed by atoms with Gasteiger partial charge >= 0.3 is 0 Å². The van der Waals surface area contributed by atoms with Crippen LogP contribution in [0.2, 0.25) is 0 Å². The van der Waals surface area contributed by atoms with E-state index in [1.807, 2.05) is 6.92 Å². The highest BCUT2D eigenvalue weighted by Gasteiger charge is 2.18. The third kappa shape index (κ3) is 3.73. The van der Waals surface area contributed by atoms with Crippen molar-refractivity contribution in [1.29, 1.82) is 0 Å². The Kier molecular flexibility index (Phi) is 4.10. The van der Waals surface area contributed by atoms with E-state index in [0.29, 0.717) is 12.4 Å². The topological polar surface area (TPSA) is 35.3 Å². The van der Waals surface area contributed by atoms with E-state index in [-0.39, 0.29) is 5.56 Å². The highest BCUT2D eigenvalue weighted by atomic mass is 19.1. The minimum absolute atomic E-state index is 0.262. The molecular formula is C13H18FNO2. The maximum atomic E-state index is 13.6. The van der Waals surface area contributed by atoms with Crippen LogP contribution in [0.4, 0.5) is 4.39 Å². The number of ether oxygens (including phenoxy) is 1. The molecule has 0 N–H and O–H groups in total. The molecule has 94 valence electrons. The van der Waals surface area contributed by atoms with Gasteiger partial charge in [-0.05, 0) is 19.1 Å². The van der Waals surface area contributed by atoms with Gasteiger partial charge in [-0.25, -0.2) is 9.13 Å². The summed E-state index contributed by atoms with van der Waals surface area (Å²) in [7, 11) is 0. The van der Waals surface area contributed by atoms with Crippen LogP contribution in [0.5, 0.6) is 5.75 Å². The smallest absolute Gasteiger partial charge is 0.185 e. The SMILES string of the molecule is CCOc1ccc(C=[N+]([O-])C(C)(C)C)c(F)c1. The summed E-state index contributed by atoms with van der Waals surface area (Å²) in [5.74, 6) is 0.0106. The molecule has 4 heteroatoms. The molecule has 1 aromatic rings.